The van der Waals surface area contributed by atoms with E-state index >= 15 is 0 Å². The lowest BCUT2D eigenvalue weighted by atomic mass is 9.84. The Labute approximate surface area is 159 Å². The molecule has 5 nitrogen and oxygen atoms in total. The van der Waals surface area contributed by atoms with Gasteiger partial charge in [-0.2, -0.15) is 0 Å². The largest absolute Gasteiger partial charge is 0.368 e. The Bertz CT molecular complexity index is 838. The molecule has 0 unspecified atom stereocenters. The molecule has 1 saturated carbocycles. The lowest BCUT2D eigenvalue weighted by molar-refractivity contribution is 0.209. The van der Waals surface area contributed by atoms with Gasteiger partial charge >= 0.3 is 0 Å². The molecule has 0 amide bonds. The average molecular weight is 369 g/mol. The van der Waals surface area contributed by atoms with Crippen molar-refractivity contribution in [3.8, 4) is 0 Å². The number of aromatic amines is 1. The topological polar surface area (TPSA) is 47.2 Å². The van der Waals surface area contributed by atoms with Gasteiger partial charge in [-0.05, 0) is 44.1 Å². The molecule has 0 spiro atoms. The van der Waals surface area contributed by atoms with E-state index in [1.807, 2.05) is 12.4 Å². The number of H-pyrrole nitrogens is 1. The van der Waals surface area contributed by atoms with Crippen molar-refractivity contribution in [1.29, 1.82) is 0 Å². The highest BCUT2D eigenvalue weighted by molar-refractivity contribution is 5.97. The van der Waals surface area contributed by atoms with Crippen LogP contribution in [0.2, 0.25) is 0 Å². The van der Waals surface area contributed by atoms with Crippen molar-refractivity contribution in [3.05, 3.63) is 30.6 Å². The van der Waals surface area contributed by atoms with Gasteiger partial charge in [0, 0.05) is 54.7 Å². The maximum atomic E-state index is 13.4. The molecule has 144 valence electrons. The first kappa shape index (κ1) is 17.0. The maximum Gasteiger partial charge on any atom is 0.139 e. The molecule has 2 aromatic rings. The van der Waals surface area contributed by atoms with Crippen LogP contribution in [-0.4, -0.2) is 53.4 Å². The number of nitrogens with zero attached hydrogens (tertiary/aromatic N) is 3. The van der Waals surface area contributed by atoms with Gasteiger partial charge in [-0.3, -0.25) is 0 Å². The third-order valence-electron chi connectivity index (χ3n) is 6.62. The van der Waals surface area contributed by atoms with E-state index in [1.54, 1.807) is 0 Å². The molecule has 2 aliphatic heterocycles. The van der Waals surface area contributed by atoms with E-state index in [2.05, 4.69) is 37.7 Å². The lowest BCUT2D eigenvalue weighted by Gasteiger charge is -2.42. The molecule has 0 bridgehead atoms. The van der Waals surface area contributed by atoms with E-state index in [0.29, 0.717) is 18.5 Å². The normalized spacial score (nSPS) is 29.1. The average Bonchev–Trinajstić information content (AvgIpc) is 3.31. The van der Waals surface area contributed by atoms with Crippen molar-refractivity contribution in [2.75, 3.05) is 31.2 Å². The minimum absolute atomic E-state index is 0.536. The quantitative estimate of drug-likeness (QED) is 0.869. The Morgan fingerprint density at radius 2 is 2.07 bits per heavy atom. The summed E-state index contributed by atoms with van der Waals surface area (Å²) in [6, 6.07) is 2.66. The van der Waals surface area contributed by atoms with Crippen molar-refractivity contribution >= 4 is 22.4 Å². The van der Waals surface area contributed by atoms with E-state index in [9.17, 15) is 4.39 Å². The zero-order chi connectivity index (χ0) is 18.4. The maximum absolute atomic E-state index is 13.4. The molecule has 2 fully saturated rings. The smallest absolute Gasteiger partial charge is 0.139 e. The number of pyridine rings is 1. The predicted molar refractivity (Wildman–Crippen MR) is 107 cm³/mol. The molecular weight excluding hydrogens is 341 g/mol. The van der Waals surface area contributed by atoms with Crippen LogP contribution in [0.4, 0.5) is 10.1 Å². The first-order valence-corrected chi connectivity index (χ1v) is 10.2. The van der Waals surface area contributed by atoms with Crippen LogP contribution in [0.15, 0.2) is 25.0 Å². The number of hydrogen-bond acceptors (Lipinski definition) is 4. The van der Waals surface area contributed by atoms with Crippen LogP contribution in [0.25, 0.3) is 16.7 Å². The van der Waals surface area contributed by atoms with E-state index in [-0.39, 0.29) is 0 Å². The van der Waals surface area contributed by atoms with Crippen molar-refractivity contribution in [3.63, 3.8) is 0 Å². The Kier molecular flexibility index (Phi) is 4.31. The van der Waals surface area contributed by atoms with Crippen LogP contribution >= 0.6 is 0 Å². The van der Waals surface area contributed by atoms with Crippen molar-refractivity contribution < 1.29 is 4.39 Å². The second kappa shape index (κ2) is 6.82. The van der Waals surface area contributed by atoms with Gasteiger partial charge in [-0.1, -0.05) is 6.58 Å². The fourth-order valence-electron chi connectivity index (χ4n) is 5.15. The van der Waals surface area contributed by atoms with Gasteiger partial charge < -0.3 is 20.1 Å². The summed E-state index contributed by atoms with van der Waals surface area (Å²) in [5, 5.41) is 4.63. The molecule has 4 heterocycles. The highest BCUT2D eigenvalue weighted by Gasteiger charge is 2.32. The standard InChI is InChI=1S/C21H28FN5/c1-14-19-10-24-21-18(6-8-23-21)20(19)27(13-25-14)17-4-2-15(3-5-17)11-26-9-7-16(22)12-26/h6,8,10,15-17,25H,1-5,7,9,11-13H2,(H,23,24)/t15-,16-,17-/m0/s1. The zero-order valence-electron chi connectivity index (χ0n) is 15.8. The first-order valence-electron chi connectivity index (χ1n) is 10.2. The number of hydrogen-bond donors (Lipinski definition) is 2. The zero-order valence-corrected chi connectivity index (χ0v) is 15.8. The molecule has 6 heteroatoms. The van der Waals surface area contributed by atoms with Crippen LogP contribution in [-0.2, 0) is 0 Å². The molecule has 0 radical (unpaired) electrons. The molecule has 3 aliphatic rings. The second-order valence-corrected chi connectivity index (χ2v) is 8.36. The number of nitrogens with one attached hydrogen (secondary N) is 2. The van der Waals surface area contributed by atoms with Crippen molar-refractivity contribution in [1.82, 2.24) is 20.2 Å². The molecule has 5 rings (SSSR count). The summed E-state index contributed by atoms with van der Waals surface area (Å²) in [6.07, 6.45) is 8.85. The minimum Gasteiger partial charge on any atom is -0.368 e. The van der Waals surface area contributed by atoms with Crippen LogP contribution in [0, 0.1) is 5.92 Å². The number of likely N-dealkylation sites (tertiary alicyclic amines) is 1. The van der Waals surface area contributed by atoms with E-state index in [0.717, 1.165) is 43.1 Å². The first-order chi connectivity index (χ1) is 13.2. The monoisotopic (exact) mass is 369 g/mol. The predicted octanol–water partition coefficient (Wildman–Crippen LogP) is 3.50. The van der Waals surface area contributed by atoms with Gasteiger partial charge in [0.1, 0.15) is 11.8 Å². The Morgan fingerprint density at radius 1 is 1.22 bits per heavy atom. The van der Waals surface area contributed by atoms with E-state index in [4.69, 9.17) is 0 Å². The number of rotatable bonds is 3. The fraction of sp³-hybridized carbons (Fsp3) is 0.571. The number of fused-ring (bicyclic) bond motifs is 3. The highest BCUT2D eigenvalue weighted by atomic mass is 19.1. The van der Waals surface area contributed by atoms with Crippen LogP contribution in [0.5, 0.6) is 0 Å². The van der Waals surface area contributed by atoms with Crippen molar-refractivity contribution in [2.24, 2.45) is 5.92 Å². The Balaban J connectivity index is 1.31. The van der Waals surface area contributed by atoms with E-state index in [1.165, 1.54) is 36.8 Å². The highest BCUT2D eigenvalue weighted by Crippen LogP contribution is 2.39. The summed E-state index contributed by atoms with van der Waals surface area (Å²) < 4.78 is 13.4. The summed E-state index contributed by atoms with van der Waals surface area (Å²) in [4.78, 5) is 12.6. The van der Waals surface area contributed by atoms with Crippen LogP contribution in [0.3, 0.4) is 0 Å². The lowest BCUT2D eigenvalue weighted by Crippen LogP contribution is -2.47. The molecule has 1 aliphatic carbocycles. The molecule has 1 atom stereocenters. The number of halogens is 1. The summed E-state index contributed by atoms with van der Waals surface area (Å²) in [5.74, 6) is 0.712. The molecule has 0 aromatic carbocycles. The fourth-order valence-corrected chi connectivity index (χ4v) is 5.15. The summed E-state index contributed by atoms with van der Waals surface area (Å²) >= 11 is 0. The van der Waals surface area contributed by atoms with Gasteiger partial charge in [0.2, 0.25) is 0 Å². The minimum atomic E-state index is -0.609. The van der Waals surface area contributed by atoms with Gasteiger partial charge in [-0.25, -0.2) is 9.37 Å². The van der Waals surface area contributed by atoms with E-state index < -0.39 is 6.17 Å². The third-order valence-corrected chi connectivity index (χ3v) is 6.62. The molecule has 27 heavy (non-hydrogen) atoms. The van der Waals surface area contributed by atoms with Crippen LogP contribution < -0.4 is 10.2 Å². The number of alkyl halides is 1. The molecule has 1 saturated heterocycles. The SMILES string of the molecule is C=C1NCN([C@H]2CC[C@H](CN3CC[C@H](F)C3)CC2)c2c1cnc1[nH]ccc21. The van der Waals surface area contributed by atoms with Gasteiger partial charge in [0.15, 0.2) is 0 Å². The van der Waals surface area contributed by atoms with Crippen LogP contribution in [0.1, 0.15) is 37.7 Å². The Morgan fingerprint density at radius 3 is 2.85 bits per heavy atom. The number of aromatic nitrogens is 2. The van der Waals surface area contributed by atoms with Gasteiger partial charge in [0.05, 0.1) is 12.4 Å². The summed E-state index contributed by atoms with van der Waals surface area (Å²) in [6.45, 7) is 7.64. The summed E-state index contributed by atoms with van der Waals surface area (Å²) in [5.41, 5.74) is 4.28. The molecular formula is C21H28FN5. The summed E-state index contributed by atoms with van der Waals surface area (Å²) in [7, 11) is 0. The second-order valence-electron chi connectivity index (χ2n) is 8.36. The number of anilines is 1. The van der Waals surface area contributed by atoms with Gasteiger partial charge in [-0.15, -0.1) is 0 Å². The third kappa shape index (κ3) is 3.10. The van der Waals surface area contributed by atoms with Gasteiger partial charge in [0.25, 0.3) is 0 Å². The molecule has 2 N–H and O–H groups in total. The Hall–Kier alpha value is -2.08. The van der Waals surface area contributed by atoms with Crippen molar-refractivity contribution in [2.45, 2.75) is 44.3 Å². The molecule has 2 aromatic heterocycles.